The van der Waals surface area contributed by atoms with Gasteiger partial charge in [0.05, 0.1) is 17.3 Å². The van der Waals surface area contributed by atoms with E-state index in [9.17, 15) is 9.59 Å². The summed E-state index contributed by atoms with van der Waals surface area (Å²) >= 11 is 2.92. The van der Waals surface area contributed by atoms with E-state index < -0.39 is 5.92 Å². The maximum absolute atomic E-state index is 13.8. The largest absolute Gasteiger partial charge is 0.301 e. The van der Waals surface area contributed by atoms with E-state index in [1.54, 1.807) is 0 Å². The van der Waals surface area contributed by atoms with Crippen LogP contribution in [0.2, 0.25) is 0 Å². The first kappa shape index (κ1) is 32.8. The molecule has 0 radical (unpaired) electrons. The number of anilines is 2. The summed E-state index contributed by atoms with van der Waals surface area (Å²) in [6.45, 7) is 12.7. The summed E-state index contributed by atoms with van der Waals surface area (Å²) in [5.41, 5.74) is 7.92. The van der Waals surface area contributed by atoms with E-state index in [1.165, 1.54) is 39.4 Å². The Morgan fingerprint density at radius 2 is 1.36 bits per heavy atom. The summed E-state index contributed by atoms with van der Waals surface area (Å²) in [5, 5.41) is 11.4. The Kier molecular flexibility index (Phi) is 9.18. The zero-order valence-corrected chi connectivity index (χ0v) is 29.5. The van der Waals surface area contributed by atoms with Crippen LogP contribution in [-0.2, 0) is 22.0 Å². The Hall–Kier alpha value is -4.14. The van der Waals surface area contributed by atoms with Crippen molar-refractivity contribution in [1.82, 2.24) is 9.97 Å². The first-order valence-electron chi connectivity index (χ1n) is 16.2. The lowest BCUT2D eigenvalue weighted by Crippen LogP contribution is -2.22. The summed E-state index contributed by atoms with van der Waals surface area (Å²) in [5.74, 6) is -0.560. The van der Waals surface area contributed by atoms with Gasteiger partial charge in [-0.05, 0) is 59.2 Å². The number of nitrogens with one attached hydrogen (secondary N) is 2. The second-order valence-corrected chi connectivity index (χ2v) is 16.1. The average Bonchev–Trinajstić information content (AvgIpc) is 3.72. The number of rotatable bonds is 7. The van der Waals surface area contributed by atoms with Gasteiger partial charge in [-0.15, -0.1) is 22.7 Å². The molecule has 1 aliphatic carbocycles. The van der Waals surface area contributed by atoms with Gasteiger partial charge in [-0.1, -0.05) is 102 Å². The lowest BCUT2D eigenvalue weighted by Gasteiger charge is -2.27. The smallest absolute Gasteiger partial charge is 0.257 e. The molecular weight excluding hydrogens is 621 g/mol. The van der Waals surface area contributed by atoms with Crippen LogP contribution >= 0.6 is 22.7 Å². The number of aromatic nitrogens is 2. The normalized spacial score (nSPS) is 15.5. The minimum absolute atomic E-state index is 0.0730. The molecule has 0 aliphatic heterocycles. The second-order valence-electron chi connectivity index (χ2n) is 14.4. The Bertz CT molecular complexity index is 1880. The standard InChI is InChI=1S/C39H42N4O2S2/c1-38(2,3)31-22-46-36(40-31)42-34(44)28-20-17-24-13-10-14-29(30(24)21-28)25-15-18-27(19-16-25)33(26-11-8-7-9-12-26)35(45)43-37-41-32(23-47-37)39(4,5)6/h7-9,11-12,15-23,29,33H,10,13-14H2,1-6H3,(H,40,42,44)(H,41,43,45)/t29?,33-/m1/s1. The van der Waals surface area contributed by atoms with Crippen LogP contribution in [-0.4, -0.2) is 21.8 Å². The van der Waals surface area contributed by atoms with Gasteiger partial charge in [0.2, 0.25) is 5.91 Å². The predicted molar refractivity (Wildman–Crippen MR) is 194 cm³/mol. The summed E-state index contributed by atoms with van der Waals surface area (Å²) < 4.78 is 0. The van der Waals surface area contributed by atoms with E-state index in [0.717, 1.165) is 41.8 Å². The molecule has 242 valence electrons. The van der Waals surface area contributed by atoms with Gasteiger partial charge < -0.3 is 5.32 Å². The molecule has 0 spiro atoms. The molecule has 1 aliphatic rings. The van der Waals surface area contributed by atoms with Gasteiger partial charge in [-0.25, -0.2) is 9.97 Å². The fraction of sp³-hybridized carbons (Fsp3) is 0.333. The number of fused-ring (bicyclic) bond motifs is 1. The highest BCUT2D eigenvalue weighted by atomic mass is 32.1. The molecule has 0 saturated carbocycles. The molecule has 2 aromatic heterocycles. The summed E-state index contributed by atoms with van der Waals surface area (Å²) in [6.07, 6.45) is 3.08. The van der Waals surface area contributed by atoms with Gasteiger partial charge in [-0.3, -0.25) is 14.9 Å². The molecule has 2 N–H and O–H groups in total. The van der Waals surface area contributed by atoms with Gasteiger partial charge >= 0.3 is 0 Å². The van der Waals surface area contributed by atoms with Gasteiger partial charge in [0.15, 0.2) is 10.3 Å². The maximum atomic E-state index is 13.8. The van der Waals surface area contributed by atoms with Crippen molar-refractivity contribution >= 4 is 44.8 Å². The predicted octanol–water partition coefficient (Wildman–Crippen LogP) is 9.69. The number of nitrogens with zero attached hydrogens (tertiary/aromatic N) is 2. The fourth-order valence-corrected chi connectivity index (χ4v) is 7.92. The average molecular weight is 663 g/mol. The molecule has 5 aromatic rings. The van der Waals surface area contributed by atoms with E-state index in [2.05, 4.69) is 93.6 Å². The molecule has 0 fully saturated rings. The van der Waals surface area contributed by atoms with Crippen LogP contribution in [0.25, 0.3) is 0 Å². The minimum atomic E-state index is -0.481. The van der Waals surface area contributed by atoms with Gasteiger partial charge in [0.1, 0.15) is 0 Å². The zero-order valence-electron chi connectivity index (χ0n) is 27.9. The van der Waals surface area contributed by atoms with E-state index in [1.807, 2.05) is 47.2 Å². The molecule has 1 unspecified atom stereocenters. The van der Waals surface area contributed by atoms with Crippen molar-refractivity contribution in [2.75, 3.05) is 10.6 Å². The molecular formula is C39H42N4O2S2. The molecule has 8 heteroatoms. The van der Waals surface area contributed by atoms with Crippen LogP contribution in [0.15, 0.2) is 83.6 Å². The third-order valence-corrected chi connectivity index (χ3v) is 10.3. The molecule has 0 bridgehead atoms. The number of carbonyl (C=O) groups excluding carboxylic acids is 2. The number of carbonyl (C=O) groups is 2. The maximum Gasteiger partial charge on any atom is 0.257 e. The highest BCUT2D eigenvalue weighted by Crippen LogP contribution is 2.39. The molecule has 6 nitrogen and oxygen atoms in total. The molecule has 2 heterocycles. The highest BCUT2D eigenvalue weighted by molar-refractivity contribution is 7.14. The second kappa shape index (κ2) is 13.2. The molecule has 6 rings (SSSR count). The summed E-state index contributed by atoms with van der Waals surface area (Å²) in [7, 11) is 0. The number of thiazole rings is 2. The zero-order chi connectivity index (χ0) is 33.3. The van der Waals surface area contributed by atoms with Crippen molar-refractivity contribution in [3.8, 4) is 0 Å². The van der Waals surface area contributed by atoms with E-state index in [0.29, 0.717) is 15.8 Å². The lowest BCUT2D eigenvalue weighted by atomic mass is 9.77. The SMILES string of the molecule is CC(C)(C)c1csc(NC(=O)c2ccc3c(c2)C(c2ccc([C@H](C(=O)Nc4nc(C(C)(C)C)cs4)c4ccccc4)cc2)CCC3)n1. The quantitative estimate of drug-likeness (QED) is 0.182. The van der Waals surface area contributed by atoms with Crippen molar-refractivity contribution in [3.63, 3.8) is 0 Å². The third kappa shape index (κ3) is 7.39. The Labute approximate surface area is 285 Å². The number of aryl methyl sites for hydroxylation is 1. The molecule has 3 aromatic carbocycles. The van der Waals surface area contributed by atoms with Crippen molar-refractivity contribution in [2.24, 2.45) is 0 Å². The molecule has 2 atom stereocenters. The Morgan fingerprint density at radius 3 is 1.96 bits per heavy atom. The van der Waals surface area contributed by atoms with E-state index >= 15 is 0 Å². The first-order chi connectivity index (χ1) is 22.4. The fourth-order valence-electron chi connectivity index (χ4n) is 6.05. The molecule has 47 heavy (non-hydrogen) atoms. The Balaban J connectivity index is 1.24. The van der Waals surface area contributed by atoms with Crippen molar-refractivity contribution in [2.45, 2.75) is 83.5 Å². The first-order valence-corrected chi connectivity index (χ1v) is 17.9. The highest BCUT2D eigenvalue weighted by Gasteiger charge is 2.27. The summed E-state index contributed by atoms with van der Waals surface area (Å²) in [6, 6.07) is 24.4. The number of amides is 2. The Morgan fingerprint density at radius 1 is 0.766 bits per heavy atom. The van der Waals surface area contributed by atoms with Crippen molar-refractivity contribution < 1.29 is 9.59 Å². The third-order valence-electron chi connectivity index (χ3n) is 8.79. The molecule has 0 saturated heterocycles. The number of benzene rings is 3. The number of hydrogen-bond donors (Lipinski definition) is 2. The van der Waals surface area contributed by atoms with E-state index in [4.69, 9.17) is 4.98 Å². The van der Waals surface area contributed by atoms with Crippen LogP contribution in [0.1, 0.15) is 116 Å². The topological polar surface area (TPSA) is 84.0 Å². The van der Waals surface area contributed by atoms with E-state index in [-0.39, 0.29) is 28.6 Å². The van der Waals surface area contributed by atoms with Crippen LogP contribution in [0, 0.1) is 0 Å². The van der Waals surface area contributed by atoms with Gasteiger partial charge in [-0.2, -0.15) is 0 Å². The van der Waals surface area contributed by atoms with Gasteiger partial charge in [0.25, 0.3) is 5.91 Å². The van der Waals surface area contributed by atoms with Crippen molar-refractivity contribution in [1.29, 1.82) is 0 Å². The van der Waals surface area contributed by atoms with Crippen LogP contribution < -0.4 is 10.6 Å². The van der Waals surface area contributed by atoms with Crippen LogP contribution in [0.4, 0.5) is 10.3 Å². The van der Waals surface area contributed by atoms with Gasteiger partial charge in [0, 0.05) is 33.1 Å². The lowest BCUT2D eigenvalue weighted by molar-refractivity contribution is -0.116. The van der Waals surface area contributed by atoms with Crippen molar-refractivity contribution in [3.05, 3.63) is 128 Å². The summed E-state index contributed by atoms with van der Waals surface area (Å²) in [4.78, 5) is 36.5. The molecule has 2 amide bonds. The minimum Gasteiger partial charge on any atom is -0.301 e. The van der Waals surface area contributed by atoms with Crippen LogP contribution in [0.3, 0.4) is 0 Å². The monoisotopic (exact) mass is 662 g/mol. The number of hydrogen-bond acceptors (Lipinski definition) is 6. The van der Waals surface area contributed by atoms with Crippen LogP contribution in [0.5, 0.6) is 0 Å².